The highest BCUT2D eigenvalue weighted by molar-refractivity contribution is 6.30. The summed E-state index contributed by atoms with van der Waals surface area (Å²) in [5.74, 6) is 0.691. The molecule has 3 heterocycles. The molecule has 3 aromatic rings. The normalized spacial score (nSPS) is 27.8. The molecule has 0 radical (unpaired) electrons. The third-order valence-electron chi connectivity index (χ3n) is 6.81. The van der Waals surface area contributed by atoms with Crippen molar-refractivity contribution in [3.63, 3.8) is 0 Å². The molecule has 31 heavy (non-hydrogen) atoms. The molecule has 4 unspecified atom stereocenters. The predicted octanol–water partition coefficient (Wildman–Crippen LogP) is 4.01. The zero-order chi connectivity index (χ0) is 21.2. The highest BCUT2D eigenvalue weighted by Gasteiger charge is 2.76. The Balaban J connectivity index is 1.31. The number of hydrogen-bond donors (Lipinski definition) is 0. The van der Waals surface area contributed by atoms with Crippen molar-refractivity contribution < 1.29 is 13.9 Å². The molecule has 0 bridgehead atoms. The van der Waals surface area contributed by atoms with Crippen LogP contribution in [0.4, 0.5) is 4.39 Å². The van der Waals surface area contributed by atoms with Crippen LogP contribution in [0.25, 0.3) is 11.4 Å². The average Bonchev–Trinajstić information content (AvgIpc) is 3.43. The number of piperidine rings is 1. The molecule has 6 rings (SSSR count). The van der Waals surface area contributed by atoms with E-state index in [0.29, 0.717) is 34.8 Å². The first-order valence-corrected chi connectivity index (χ1v) is 10.6. The Bertz CT molecular complexity index is 1180. The Morgan fingerprint density at radius 1 is 1.16 bits per heavy atom. The summed E-state index contributed by atoms with van der Waals surface area (Å²) in [6.45, 7) is 0.656. The largest absolute Gasteiger partial charge is 0.472 e. The maximum Gasteiger partial charge on any atom is 0.255 e. The van der Waals surface area contributed by atoms with Gasteiger partial charge in [0.2, 0.25) is 5.88 Å². The molecule has 2 saturated carbocycles. The number of carbonyl (C=O) groups is 1. The number of pyridine rings is 1. The lowest BCUT2D eigenvalue weighted by atomic mass is 9.73. The minimum Gasteiger partial charge on any atom is -0.472 e. The third kappa shape index (κ3) is 2.91. The second-order valence-corrected chi connectivity index (χ2v) is 8.91. The smallest absolute Gasteiger partial charge is 0.255 e. The van der Waals surface area contributed by atoms with E-state index >= 15 is 0 Å². The van der Waals surface area contributed by atoms with E-state index in [9.17, 15) is 9.18 Å². The summed E-state index contributed by atoms with van der Waals surface area (Å²) in [6, 6.07) is 9.29. The Hall–Kier alpha value is -3.06. The molecule has 0 N–H and O–H groups in total. The highest BCUT2D eigenvalue weighted by atomic mass is 35.5. The first kappa shape index (κ1) is 18.7. The molecule has 6 nitrogen and oxygen atoms in total. The standard InChI is InChI=1S/C23H18ClFN4O2/c24-14-2-5-19(28-11-14)31-18-10-23-9-13(23)12-29(20(18)23)22(30)17-8-15(25)3-4-16(17)21-26-6-1-7-27-21/h1-8,11,13,18,20H,9-10,12H2. The topological polar surface area (TPSA) is 68.2 Å². The molecule has 2 aromatic heterocycles. The number of carbonyl (C=O) groups excluding carboxylic acids is 1. The first-order chi connectivity index (χ1) is 15.0. The number of amides is 1. The van der Waals surface area contributed by atoms with Crippen molar-refractivity contribution in [2.24, 2.45) is 11.3 Å². The molecule has 2 aliphatic carbocycles. The summed E-state index contributed by atoms with van der Waals surface area (Å²) < 4.78 is 20.2. The van der Waals surface area contributed by atoms with Gasteiger partial charge in [0.05, 0.1) is 16.6 Å². The summed E-state index contributed by atoms with van der Waals surface area (Å²) in [5, 5.41) is 0.541. The van der Waals surface area contributed by atoms with Crippen LogP contribution in [-0.4, -0.2) is 44.4 Å². The van der Waals surface area contributed by atoms with E-state index in [4.69, 9.17) is 16.3 Å². The van der Waals surface area contributed by atoms with Crippen molar-refractivity contribution in [3.05, 3.63) is 71.4 Å². The van der Waals surface area contributed by atoms with Gasteiger partial charge in [-0.25, -0.2) is 19.3 Å². The quantitative estimate of drug-likeness (QED) is 0.618. The van der Waals surface area contributed by atoms with Crippen LogP contribution in [0.1, 0.15) is 23.2 Å². The van der Waals surface area contributed by atoms with Crippen LogP contribution in [-0.2, 0) is 0 Å². The van der Waals surface area contributed by atoms with E-state index in [1.165, 1.54) is 12.1 Å². The minimum absolute atomic E-state index is 0.0460. The number of ether oxygens (including phenoxy) is 1. The van der Waals surface area contributed by atoms with Crippen LogP contribution in [0, 0.1) is 17.2 Å². The van der Waals surface area contributed by atoms with Crippen LogP contribution >= 0.6 is 11.6 Å². The zero-order valence-electron chi connectivity index (χ0n) is 16.4. The van der Waals surface area contributed by atoms with Gasteiger partial charge in [0.1, 0.15) is 11.9 Å². The summed E-state index contributed by atoms with van der Waals surface area (Å²) in [6.07, 6.45) is 6.61. The summed E-state index contributed by atoms with van der Waals surface area (Å²) in [4.78, 5) is 28.2. The number of halogens is 2. The van der Waals surface area contributed by atoms with Crippen LogP contribution in [0.2, 0.25) is 5.02 Å². The van der Waals surface area contributed by atoms with Gasteiger partial charge in [-0.1, -0.05) is 11.6 Å². The van der Waals surface area contributed by atoms with E-state index in [0.717, 1.165) is 12.8 Å². The lowest BCUT2D eigenvalue weighted by Gasteiger charge is -2.47. The maximum absolute atomic E-state index is 14.1. The second kappa shape index (κ2) is 6.72. The van der Waals surface area contributed by atoms with Crippen molar-refractivity contribution in [2.45, 2.75) is 25.0 Å². The third-order valence-corrected chi connectivity index (χ3v) is 7.03. The molecule has 156 valence electrons. The Morgan fingerprint density at radius 3 is 2.77 bits per heavy atom. The molecule has 1 aromatic carbocycles. The molecule has 1 amide bonds. The number of nitrogens with zero attached hydrogens (tertiary/aromatic N) is 4. The van der Waals surface area contributed by atoms with Gasteiger partial charge in [0.25, 0.3) is 5.91 Å². The molecule has 1 aliphatic heterocycles. The molecule has 1 saturated heterocycles. The molecule has 3 aliphatic rings. The van der Waals surface area contributed by atoms with Gasteiger partial charge in [-0.3, -0.25) is 4.79 Å². The molecule has 1 spiro atoms. The maximum atomic E-state index is 14.1. The van der Waals surface area contributed by atoms with E-state index < -0.39 is 5.82 Å². The first-order valence-electron chi connectivity index (χ1n) is 10.2. The van der Waals surface area contributed by atoms with Crippen molar-refractivity contribution in [3.8, 4) is 17.3 Å². The van der Waals surface area contributed by atoms with Gasteiger partial charge in [-0.15, -0.1) is 0 Å². The monoisotopic (exact) mass is 436 g/mol. The number of likely N-dealkylation sites (tertiary alicyclic amines) is 1. The van der Waals surface area contributed by atoms with E-state index in [1.807, 2.05) is 4.90 Å². The fourth-order valence-electron chi connectivity index (χ4n) is 5.32. The van der Waals surface area contributed by atoms with Gasteiger partial charge in [-0.2, -0.15) is 0 Å². The van der Waals surface area contributed by atoms with E-state index in [2.05, 4.69) is 15.0 Å². The Labute approximate surface area is 183 Å². The predicted molar refractivity (Wildman–Crippen MR) is 111 cm³/mol. The average molecular weight is 437 g/mol. The number of benzene rings is 1. The molecule has 8 heteroatoms. The Morgan fingerprint density at radius 2 is 2.00 bits per heavy atom. The van der Waals surface area contributed by atoms with Gasteiger partial charge in [0.15, 0.2) is 5.82 Å². The van der Waals surface area contributed by atoms with Crippen molar-refractivity contribution in [1.29, 1.82) is 0 Å². The van der Waals surface area contributed by atoms with Crippen molar-refractivity contribution >= 4 is 17.5 Å². The van der Waals surface area contributed by atoms with Gasteiger partial charge >= 0.3 is 0 Å². The lowest BCUT2D eigenvalue weighted by Crippen LogP contribution is -2.59. The van der Waals surface area contributed by atoms with Crippen LogP contribution in [0.15, 0.2) is 55.0 Å². The van der Waals surface area contributed by atoms with Crippen LogP contribution in [0.3, 0.4) is 0 Å². The Kier molecular flexibility index (Phi) is 4.05. The van der Waals surface area contributed by atoms with E-state index in [1.54, 1.807) is 42.9 Å². The fraction of sp³-hybridized carbons (Fsp3) is 0.304. The van der Waals surface area contributed by atoms with Crippen molar-refractivity contribution in [2.75, 3.05) is 6.54 Å². The second-order valence-electron chi connectivity index (χ2n) is 8.47. The number of aromatic nitrogens is 3. The fourth-order valence-corrected chi connectivity index (χ4v) is 5.43. The highest BCUT2D eigenvalue weighted by Crippen LogP contribution is 2.71. The molecular formula is C23H18ClFN4O2. The molecular weight excluding hydrogens is 419 g/mol. The summed E-state index contributed by atoms with van der Waals surface area (Å²) in [5.41, 5.74) is 0.930. The van der Waals surface area contributed by atoms with Gasteiger partial charge in [-0.05, 0) is 49.1 Å². The number of rotatable bonds is 4. The van der Waals surface area contributed by atoms with Crippen molar-refractivity contribution in [1.82, 2.24) is 19.9 Å². The molecule has 4 atom stereocenters. The van der Waals surface area contributed by atoms with Gasteiger partial charge in [0, 0.05) is 42.2 Å². The minimum atomic E-state index is -0.464. The summed E-state index contributed by atoms with van der Waals surface area (Å²) in [7, 11) is 0. The van der Waals surface area contributed by atoms with Crippen LogP contribution < -0.4 is 4.74 Å². The van der Waals surface area contributed by atoms with Crippen LogP contribution in [0.5, 0.6) is 5.88 Å². The zero-order valence-corrected chi connectivity index (χ0v) is 17.2. The molecule has 3 fully saturated rings. The van der Waals surface area contributed by atoms with E-state index in [-0.39, 0.29) is 29.0 Å². The number of hydrogen-bond acceptors (Lipinski definition) is 5. The van der Waals surface area contributed by atoms with Gasteiger partial charge < -0.3 is 9.64 Å². The SMILES string of the molecule is O=C(c1cc(F)ccc1-c1ncccn1)N1CC2CC23CC(Oc2ccc(Cl)cn2)C13. The summed E-state index contributed by atoms with van der Waals surface area (Å²) >= 11 is 5.91. The lowest BCUT2D eigenvalue weighted by molar-refractivity contribution is -0.0345.